The fourth-order valence-electron chi connectivity index (χ4n) is 1.33. The highest BCUT2D eigenvalue weighted by Crippen LogP contribution is 2.34. The summed E-state index contributed by atoms with van der Waals surface area (Å²) in [6.07, 6.45) is 2.34. The van der Waals surface area contributed by atoms with Crippen LogP contribution >= 0.6 is 46.6 Å². The van der Waals surface area contributed by atoms with Crippen LogP contribution in [-0.4, -0.2) is 18.8 Å². The minimum atomic E-state index is 0.508. The van der Waals surface area contributed by atoms with Gasteiger partial charge in [-0.05, 0) is 43.8 Å². The topological polar surface area (TPSA) is 12.0 Å². The van der Waals surface area contributed by atoms with Crippen LogP contribution in [0.2, 0.25) is 15.1 Å². The first kappa shape index (κ1) is 15.5. The smallest absolute Gasteiger partial charge is 0.0607 e. The Morgan fingerprint density at radius 3 is 2.47 bits per heavy atom. The van der Waals surface area contributed by atoms with Crippen molar-refractivity contribution in [1.82, 2.24) is 5.32 Å². The minimum Gasteiger partial charge on any atom is -0.317 e. The SMILES string of the molecule is CCNCCCCSc1cc(Cl)c(Cl)cc1Cl. The van der Waals surface area contributed by atoms with Gasteiger partial charge in [0.2, 0.25) is 0 Å². The second-order valence-corrected chi connectivity index (χ2v) is 5.96. The molecule has 0 aromatic heterocycles. The number of rotatable bonds is 7. The maximum absolute atomic E-state index is 6.09. The zero-order valence-corrected chi connectivity index (χ0v) is 12.8. The Hall–Kier alpha value is 0.400. The van der Waals surface area contributed by atoms with Gasteiger partial charge < -0.3 is 5.32 Å². The predicted octanol–water partition coefficient (Wildman–Crippen LogP) is 5.13. The monoisotopic (exact) mass is 311 g/mol. The molecule has 1 N–H and O–H groups in total. The number of halogens is 3. The molecule has 0 spiro atoms. The molecule has 0 saturated carbocycles. The van der Waals surface area contributed by atoms with Crippen molar-refractivity contribution in [2.45, 2.75) is 24.7 Å². The third-order valence-corrected chi connectivity index (χ3v) is 4.52. The highest BCUT2D eigenvalue weighted by atomic mass is 35.5. The Balaban J connectivity index is 2.34. The minimum absolute atomic E-state index is 0.508. The Labute approximate surface area is 122 Å². The lowest BCUT2D eigenvalue weighted by Crippen LogP contribution is -2.13. The second kappa shape index (κ2) is 8.49. The molecule has 1 aromatic rings. The Morgan fingerprint density at radius 2 is 1.76 bits per heavy atom. The molecule has 0 aliphatic rings. The molecular weight excluding hydrogens is 297 g/mol. The van der Waals surface area contributed by atoms with Gasteiger partial charge >= 0.3 is 0 Å². The molecule has 0 atom stereocenters. The fourth-order valence-corrected chi connectivity index (χ4v) is 3.07. The van der Waals surface area contributed by atoms with Crippen LogP contribution in [0, 0.1) is 0 Å². The molecule has 1 aromatic carbocycles. The molecule has 0 radical (unpaired) electrons. The number of benzene rings is 1. The van der Waals surface area contributed by atoms with Gasteiger partial charge in [-0.15, -0.1) is 11.8 Å². The summed E-state index contributed by atoms with van der Waals surface area (Å²) >= 11 is 19.6. The maximum Gasteiger partial charge on any atom is 0.0607 e. The summed E-state index contributed by atoms with van der Waals surface area (Å²) < 4.78 is 0. The van der Waals surface area contributed by atoms with Crippen LogP contribution in [0.25, 0.3) is 0 Å². The van der Waals surface area contributed by atoms with E-state index in [0.717, 1.165) is 30.2 Å². The molecule has 96 valence electrons. The molecule has 0 unspecified atom stereocenters. The van der Waals surface area contributed by atoms with Gasteiger partial charge in [0.25, 0.3) is 0 Å². The zero-order chi connectivity index (χ0) is 12.7. The predicted molar refractivity (Wildman–Crippen MR) is 80.0 cm³/mol. The lowest BCUT2D eigenvalue weighted by molar-refractivity contribution is 0.666. The van der Waals surface area contributed by atoms with Crippen LogP contribution in [0.15, 0.2) is 17.0 Å². The van der Waals surface area contributed by atoms with Crippen molar-refractivity contribution in [3.05, 3.63) is 27.2 Å². The molecule has 0 fully saturated rings. The quantitative estimate of drug-likeness (QED) is 0.425. The highest BCUT2D eigenvalue weighted by Gasteiger charge is 2.06. The van der Waals surface area contributed by atoms with Crippen molar-refractivity contribution in [3.8, 4) is 0 Å². The van der Waals surface area contributed by atoms with E-state index in [1.807, 2.05) is 6.07 Å². The van der Waals surface area contributed by atoms with E-state index < -0.39 is 0 Å². The average molecular weight is 313 g/mol. The van der Waals surface area contributed by atoms with E-state index in [1.165, 1.54) is 6.42 Å². The van der Waals surface area contributed by atoms with Crippen LogP contribution in [0.5, 0.6) is 0 Å². The summed E-state index contributed by atoms with van der Waals surface area (Å²) in [4.78, 5) is 1.00. The standard InChI is InChI=1S/C12H16Cl3NS/c1-2-16-5-3-4-6-17-12-8-10(14)9(13)7-11(12)15/h7-8,16H,2-6H2,1H3. The van der Waals surface area contributed by atoms with Crippen LogP contribution in [0.1, 0.15) is 19.8 Å². The van der Waals surface area contributed by atoms with Crippen molar-refractivity contribution in [1.29, 1.82) is 0 Å². The van der Waals surface area contributed by atoms with Gasteiger partial charge in [-0.25, -0.2) is 0 Å². The lowest BCUT2D eigenvalue weighted by Gasteiger charge is -2.06. The van der Waals surface area contributed by atoms with E-state index in [0.29, 0.717) is 15.1 Å². The van der Waals surface area contributed by atoms with Gasteiger partial charge in [-0.3, -0.25) is 0 Å². The van der Waals surface area contributed by atoms with Crippen LogP contribution < -0.4 is 5.32 Å². The summed E-state index contributed by atoms with van der Waals surface area (Å²) in [6, 6.07) is 3.54. The molecule has 17 heavy (non-hydrogen) atoms. The first-order chi connectivity index (χ1) is 8.15. The van der Waals surface area contributed by atoms with Crippen molar-refractivity contribution in [3.63, 3.8) is 0 Å². The number of thioether (sulfide) groups is 1. The highest BCUT2D eigenvalue weighted by molar-refractivity contribution is 7.99. The Kier molecular flexibility index (Phi) is 7.72. The van der Waals surface area contributed by atoms with E-state index in [1.54, 1.807) is 17.8 Å². The first-order valence-corrected chi connectivity index (χ1v) is 7.75. The van der Waals surface area contributed by atoms with Crippen molar-refractivity contribution in [2.75, 3.05) is 18.8 Å². The third kappa shape index (κ3) is 5.71. The first-order valence-electron chi connectivity index (χ1n) is 5.63. The number of nitrogens with one attached hydrogen (secondary N) is 1. The summed E-state index contributed by atoms with van der Waals surface area (Å²) in [5.74, 6) is 1.04. The van der Waals surface area contributed by atoms with Crippen molar-refractivity contribution < 1.29 is 0 Å². The lowest BCUT2D eigenvalue weighted by atomic mass is 10.3. The summed E-state index contributed by atoms with van der Waals surface area (Å²) in [5, 5.41) is 5.05. The van der Waals surface area contributed by atoms with E-state index in [2.05, 4.69) is 12.2 Å². The average Bonchev–Trinajstić information content (AvgIpc) is 2.30. The molecule has 0 aliphatic heterocycles. The van der Waals surface area contributed by atoms with Gasteiger partial charge in [-0.1, -0.05) is 41.7 Å². The van der Waals surface area contributed by atoms with E-state index in [9.17, 15) is 0 Å². The number of unbranched alkanes of at least 4 members (excludes halogenated alkanes) is 1. The second-order valence-electron chi connectivity index (χ2n) is 3.61. The fraction of sp³-hybridized carbons (Fsp3) is 0.500. The maximum atomic E-state index is 6.09. The summed E-state index contributed by atoms with van der Waals surface area (Å²) in [7, 11) is 0. The van der Waals surface area contributed by atoms with Crippen LogP contribution in [0.3, 0.4) is 0 Å². The number of hydrogen-bond acceptors (Lipinski definition) is 2. The largest absolute Gasteiger partial charge is 0.317 e. The van der Waals surface area contributed by atoms with E-state index >= 15 is 0 Å². The van der Waals surface area contributed by atoms with Gasteiger partial charge in [0.1, 0.15) is 0 Å². The van der Waals surface area contributed by atoms with Crippen LogP contribution in [-0.2, 0) is 0 Å². The molecule has 0 heterocycles. The van der Waals surface area contributed by atoms with E-state index in [-0.39, 0.29) is 0 Å². The molecule has 0 saturated heterocycles. The van der Waals surface area contributed by atoms with Gasteiger partial charge in [0.15, 0.2) is 0 Å². The van der Waals surface area contributed by atoms with E-state index in [4.69, 9.17) is 34.8 Å². The summed E-state index contributed by atoms with van der Waals surface area (Å²) in [6.45, 7) is 4.22. The molecule has 5 heteroatoms. The van der Waals surface area contributed by atoms with Crippen LogP contribution in [0.4, 0.5) is 0 Å². The molecule has 0 bridgehead atoms. The normalized spacial score (nSPS) is 10.8. The Bertz CT molecular complexity index is 358. The number of hydrogen-bond donors (Lipinski definition) is 1. The van der Waals surface area contributed by atoms with Crippen molar-refractivity contribution >= 4 is 46.6 Å². The summed E-state index contributed by atoms with van der Waals surface area (Å²) in [5.41, 5.74) is 0. The van der Waals surface area contributed by atoms with Gasteiger partial charge in [0, 0.05) is 4.90 Å². The van der Waals surface area contributed by atoms with Gasteiger partial charge in [-0.2, -0.15) is 0 Å². The molecule has 0 aliphatic carbocycles. The molecule has 1 rings (SSSR count). The molecule has 1 nitrogen and oxygen atoms in total. The zero-order valence-electron chi connectivity index (χ0n) is 9.73. The Morgan fingerprint density at radius 1 is 1.06 bits per heavy atom. The molecular formula is C12H16Cl3NS. The third-order valence-electron chi connectivity index (χ3n) is 2.23. The molecule has 0 amide bonds. The van der Waals surface area contributed by atoms with Gasteiger partial charge in [0.05, 0.1) is 15.1 Å². The van der Waals surface area contributed by atoms with Crippen molar-refractivity contribution in [2.24, 2.45) is 0 Å².